The predicted molar refractivity (Wildman–Crippen MR) is 273 cm³/mol. The van der Waals surface area contributed by atoms with Crippen molar-refractivity contribution in [1.82, 2.24) is 0 Å². The topological polar surface area (TPSA) is 21.8 Å². The molecule has 0 saturated heterocycles. The summed E-state index contributed by atoms with van der Waals surface area (Å²) in [4.78, 5) is 7.43. The van der Waals surface area contributed by atoms with Crippen molar-refractivity contribution >= 4 is 120 Å². The highest BCUT2D eigenvalue weighted by molar-refractivity contribution is 7.01. The summed E-state index contributed by atoms with van der Waals surface area (Å²) in [6.07, 6.45) is 0. The molecule has 64 heavy (non-hydrogen) atoms. The van der Waals surface area contributed by atoms with Gasteiger partial charge in [-0.2, -0.15) is 0 Å². The minimum Gasteiger partial charge on any atom is -0.356 e. The SMILES string of the molecule is c1ccc(Nc2cccc3c2B(c2ccccc2)c2cc4cc5c(cc4cc2N3c2ccccc2)N(c2ccccc2)c2cccc3c2B5c2ccccc2N3c2ccccc2)cc1. The number of benzene rings is 10. The second kappa shape index (κ2) is 14.7. The summed E-state index contributed by atoms with van der Waals surface area (Å²) in [5, 5.41) is 6.28. The fourth-order valence-electron chi connectivity index (χ4n) is 10.8. The molecule has 13 rings (SSSR count). The van der Waals surface area contributed by atoms with Crippen molar-refractivity contribution in [2.75, 3.05) is 20.0 Å². The van der Waals surface area contributed by atoms with Gasteiger partial charge in [-0.15, -0.1) is 0 Å². The Balaban J connectivity index is 1.10. The average Bonchev–Trinajstić information content (AvgIpc) is 3.36. The van der Waals surface area contributed by atoms with E-state index in [2.05, 4.69) is 257 Å². The lowest BCUT2D eigenvalue weighted by molar-refractivity contribution is 1.25. The molecule has 3 heterocycles. The number of nitrogens with zero attached hydrogens (tertiary/aromatic N) is 3. The van der Waals surface area contributed by atoms with Crippen LogP contribution in [0.2, 0.25) is 0 Å². The molecule has 6 heteroatoms. The second-order valence-corrected chi connectivity index (χ2v) is 17.0. The zero-order chi connectivity index (χ0) is 42.1. The van der Waals surface area contributed by atoms with Gasteiger partial charge in [-0.3, -0.25) is 0 Å². The van der Waals surface area contributed by atoms with Gasteiger partial charge in [0.05, 0.1) is 0 Å². The van der Waals surface area contributed by atoms with Crippen molar-refractivity contribution in [2.24, 2.45) is 0 Å². The standard InChI is InChI=1S/C58H40B2N4/c1-6-20-42(21-7-1)59-48-36-40-37-49-56(39-41(40)38-55(48)63(45-26-12-4-13-27-45)52-33-18-31-50(57(52)59)61-43-22-8-2-9-23-43)64(46-28-14-5-15-29-46)54-35-19-34-53-58(54)60(49)47-30-16-17-32-51(47)62(53)44-24-10-3-11-25-44/h1-39,61H. The number of nitrogens with one attached hydrogen (secondary N) is 1. The van der Waals surface area contributed by atoms with Crippen LogP contribution in [0, 0.1) is 0 Å². The number of hydrogen-bond donors (Lipinski definition) is 1. The molecule has 4 nitrogen and oxygen atoms in total. The van der Waals surface area contributed by atoms with Crippen molar-refractivity contribution in [3.05, 3.63) is 237 Å². The highest BCUT2D eigenvalue weighted by atomic mass is 15.2. The van der Waals surface area contributed by atoms with Crippen molar-refractivity contribution in [3.8, 4) is 0 Å². The van der Waals surface area contributed by atoms with Gasteiger partial charge >= 0.3 is 0 Å². The van der Waals surface area contributed by atoms with Gasteiger partial charge in [0.1, 0.15) is 0 Å². The van der Waals surface area contributed by atoms with Crippen molar-refractivity contribution in [3.63, 3.8) is 0 Å². The third-order valence-corrected chi connectivity index (χ3v) is 13.4. The predicted octanol–water partition coefficient (Wildman–Crippen LogP) is 11.0. The van der Waals surface area contributed by atoms with E-state index in [1.165, 1.54) is 77.7 Å². The van der Waals surface area contributed by atoms with Crippen LogP contribution in [0.4, 0.5) is 62.6 Å². The molecule has 1 N–H and O–H groups in total. The summed E-state index contributed by atoms with van der Waals surface area (Å²) >= 11 is 0. The van der Waals surface area contributed by atoms with Crippen molar-refractivity contribution in [1.29, 1.82) is 0 Å². The van der Waals surface area contributed by atoms with Gasteiger partial charge in [0.25, 0.3) is 6.71 Å². The molecule has 298 valence electrons. The molecular formula is C58H40B2N4. The normalized spacial score (nSPS) is 13.2. The Morgan fingerprint density at radius 2 is 0.719 bits per heavy atom. The fraction of sp³-hybridized carbons (Fsp3) is 0. The van der Waals surface area contributed by atoms with E-state index >= 15 is 0 Å². The first-order valence-corrected chi connectivity index (χ1v) is 22.2. The van der Waals surface area contributed by atoms with Crippen molar-refractivity contribution < 1.29 is 0 Å². The van der Waals surface area contributed by atoms with Crippen LogP contribution in [0.25, 0.3) is 10.8 Å². The largest absolute Gasteiger partial charge is 0.356 e. The lowest BCUT2D eigenvalue weighted by Crippen LogP contribution is -2.61. The number of hydrogen-bond acceptors (Lipinski definition) is 4. The molecule has 0 aliphatic carbocycles. The van der Waals surface area contributed by atoms with E-state index < -0.39 is 0 Å². The van der Waals surface area contributed by atoms with Gasteiger partial charge in [0.2, 0.25) is 6.71 Å². The molecule has 3 aliphatic rings. The van der Waals surface area contributed by atoms with Crippen LogP contribution in [0.15, 0.2) is 237 Å². The van der Waals surface area contributed by atoms with Gasteiger partial charge in [-0.05, 0) is 129 Å². The Bertz CT molecular complexity index is 3280. The maximum absolute atomic E-state index is 3.86. The molecule has 0 unspecified atom stereocenters. The van der Waals surface area contributed by atoms with E-state index in [0.717, 1.165) is 28.4 Å². The van der Waals surface area contributed by atoms with E-state index in [1.54, 1.807) is 0 Å². The van der Waals surface area contributed by atoms with E-state index in [1.807, 2.05) is 0 Å². The highest BCUT2D eigenvalue weighted by Gasteiger charge is 2.44. The molecular weight excluding hydrogens is 774 g/mol. The third kappa shape index (κ3) is 5.66. The molecule has 0 aromatic heterocycles. The van der Waals surface area contributed by atoms with Gasteiger partial charge < -0.3 is 20.0 Å². The molecule has 0 bridgehead atoms. The number of para-hydroxylation sites is 5. The van der Waals surface area contributed by atoms with Gasteiger partial charge in [0, 0.05) is 62.6 Å². The lowest BCUT2D eigenvalue weighted by Gasteiger charge is -2.44. The van der Waals surface area contributed by atoms with Crippen LogP contribution in [-0.2, 0) is 0 Å². The van der Waals surface area contributed by atoms with E-state index in [0.29, 0.717) is 0 Å². The minimum atomic E-state index is -0.0398. The smallest absolute Gasteiger partial charge is 0.252 e. The van der Waals surface area contributed by atoms with Crippen LogP contribution in [0.3, 0.4) is 0 Å². The summed E-state index contributed by atoms with van der Waals surface area (Å²) in [6, 6.07) is 86.7. The van der Waals surface area contributed by atoms with Gasteiger partial charge in [-0.1, -0.05) is 151 Å². The molecule has 10 aromatic carbocycles. The Kier molecular flexibility index (Phi) is 8.38. The molecule has 0 fully saturated rings. The summed E-state index contributed by atoms with van der Waals surface area (Å²) < 4.78 is 0. The molecule has 0 radical (unpaired) electrons. The summed E-state index contributed by atoms with van der Waals surface area (Å²) in [5.74, 6) is 0. The Hall–Kier alpha value is -8.21. The first-order valence-electron chi connectivity index (χ1n) is 22.2. The zero-order valence-electron chi connectivity index (χ0n) is 35.0. The van der Waals surface area contributed by atoms with E-state index in [4.69, 9.17) is 0 Å². The van der Waals surface area contributed by atoms with Crippen LogP contribution >= 0.6 is 0 Å². The van der Waals surface area contributed by atoms with Crippen LogP contribution in [-0.4, -0.2) is 13.4 Å². The highest BCUT2D eigenvalue weighted by Crippen LogP contribution is 2.45. The third-order valence-electron chi connectivity index (χ3n) is 13.4. The second-order valence-electron chi connectivity index (χ2n) is 17.0. The number of rotatable bonds is 6. The average molecular weight is 815 g/mol. The summed E-state index contributed by atoms with van der Waals surface area (Å²) in [5.41, 5.74) is 20.5. The first-order chi connectivity index (χ1) is 31.8. The maximum Gasteiger partial charge on any atom is 0.252 e. The fourth-order valence-corrected chi connectivity index (χ4v) is 10.8. The van der Waals surface area contributed by atoms with Crippen LogP contribution in [0.5, 0.6) is 0 Å². The van der Waals surface area contributed by atoms with Crippen molar-refractivity contribution in [2.45, 2.75) is 0 Å². The van der Waals surface area contributed by atoms with E-state index in [9.17, 15) is 0 Å². The molecule has 0 spiro atoms. The molecule has 0 atom stereocenters. The monoisotopic (exact) mass is 814 g/mol. The van der Waals surface area contributed by atoms with E-state index in [-0.39, 0.29) is 13.4 Å². The molecule has 3 aliphatic heterocycles. The van der Waals surface area contributed by atoms with Gasteiger partial charge in [0.15, 0.2) is 0 Å². The Morgan fingerprint density at radius 3 is 1.30 bits per heavy atom. The maximum atomic E-state index is 3.86. The molecule has 0 saturated carbocycles. The lowest BCUT2D eigenvalue weighted by atomic mass is 9.33. The quantitative estimate of drug-likeness (QED) is 0.169. The Labute approximate surface area is 374 Å². The van der Waals surface area contributed by atoms with Gasteiger partial charge in [-0.25, -0.2) is 0 Å². The molecule has 10 aromatic rings. The minimum absolute atomic E-state index is 0.0193. The first kappa shape index (κ1) is 36.4. The number of fused-ring (bicyclic) bond motifs is 7. The zero-order valence-corrected chi connectivity index (χ0v) is 35.0. The van der Waals surface area contributed by atoms with Crippen LogP contribution < -0.4 is 52.8 Å². The summed E-state index contributed by atoms with van der Waals surface area (Å²) in [6.45, 7) is -0.0205. The number of anilines is 11. The summed E-state index contributed by atoms with van der Waals surface area (Å²) in [7, 11) is 0. The molecule has 0 amide bonds. The Morgan fingerprint density at radius 1 is 0.297 bits per heavy atom. The van der Waals surface area contributed by atoms with Crippen LogP contribution in [0.1, 0.15) is 0 Å².